The first-order valence-corrected chi connectivity index (χ1v) is 10.4. The number of ether oxygens (including phenoxy) is 1. The van der Waals surface area contributed by atoms with E-state index in [0.29, 0.717) is 32.5 Å². The number of carbonyl (C=O) groups is 2. The van der Waals surface area contributed by atoms with Gasteiger partial charge in [-0.25, -0.2) is 0 Å². The lowest BCUT2D eigenvalue weighted by atomic mass is 9.85. The molecule has 0 aromatic carbocycles. The van der Waals surface area contributed by atoms with Gasteiger partial charge < -0.3 is 14.5 Å². The molecule has 3 fully saturated rings. The second-order valence-electron chi connectivity index (χ2n) is 8.01. The summed E-state index contributed by atoms with van der Waals surface area (Å²) in [6.07, 6.45) is 12.3. The third-order valence-corrected chi connectivity index (χ3v) is 6.08. The molecule has 142 valence electrons. The molecule has 5 heteroatoms. The molecule has 1 aliphatic carbocycles. The Bertz CT molecular complexity index is 448. The molecule has 5 nitrogen and oxygen atoms in total. The van der Waals surface area contributed by atoms with Crippen LogP contribution in [-0.4, -0.2) is 60.5 Å². The summed E-state index contributed by atoms with van der Waals surface area (Å²) in [5.41, 5.74) is 0. The minimum Gasteiger partial charge on any atom is -0.375 e. The van der Waals surface area contributed by atoms with Crippen LogP contribution in [0.2, 0.25) is 0 Å². The van der Waals surface area contributed by atoms with Crippen LogP contribution in [0.25, 0.3) is 0 Å². The van der Waals surface area contributed by atoms with Gasteiger partial charge in [-0.2, -0.15) is 0 Å². The third-order valence-electron chi connectivity index (χ3n) is 6.08. The van der Waals surface area contributed by atoms with Crippen LogP contribution in [0.1, 0.15) is 70.6 Å². The number of carbonyl (C=O) groups excluding carboxylic acids is 2. The molecular weight excluding hydrogens is 316 g/mol. The average Bonchev–Trinajstić information content (AvgIpc) is 2.85. The minimum atomic E-state index is 0.189. The normalized spacial score (nSPS) is 26.6. The Morgan fingerprint density at radius 3 is 2.68 bits per heavy atom. The van der Waals surface area contributed by atoms with E-state index in [1.54, 1.807) is 0 Å². The van der Waals surface area contributed by atoms with Gasteiger partial charge >= 0.3 is 0 Å². The van der Waals surface area contributed by atoms with Crippen LogP contribution < -0.4 is 0 Å². The van der Waals surface area contributed by atoms with Crippen molar-refractivity contribution in [3.8, 4) is 0 Å². The fourth-order valence-corrected chi connectivity index (χ4v) is 4.55. The number of likely N-dealkylation sites (tertiary alicyclic amines) is 1. The van der Waals surface area contributed by atoms with Crippen molar-refractivity contribution in [1.82, 2.24) is 9.80 Å². The summed E-state index contributed by atoms with van der Waals surface area (Å²) in [6.45, 7) is 3.50. The molecule has 3 rings (SSSR count). The topological polar surface area (TPSA) is 49.9 Å². The van der Waals surface area contributed by atoms with Crippen molar-refractivity contribution >= 4 is 11.8 Å². The molecule has 2 amide bonds. The fraction of sp³-hybridized carbons (Fsp3) is 0.900. The zero-order valence-corrected chi connectivity index (χ0v) is 15.6. The number of rotatable bonds is 5. The summed E-state index contributed by atoms with van der Waals surface area (Å²) in [5.74, 6) is 1.19. The largest absolute Gasteiger partial charge is 0.375 e. The molecule has 0 bridgehead atoms. The van der Waals surface area contributed by atoms with Gasteiger partial charge in [-0.3, -0.25) is 9.59 Å². The number of hydrogen-bond donors (Lipinski definition) is 0. The monoisotopic (exact) mass is 350 g/mol. The number of amides is 2. The number of nitrogens with zero attached hydrogens (tertiary/aromatic N) is 2. The summed E-state index contributed by atoms with van der Waals surface area (Å²) in [6, 6.07) is 0. The summed E-state index contributed by atoms with van der Waals surface area (Å²) < 4.78 is 5.93. The first-order chi connectivity index (χ1) is 12.2. The van der Waals surface area contributed by atoms with Crippen LogP contribution >= 0.6 is 0 Å². The zero-order chi connectivity index (χ0) is 17.5. The van der Waals surface area contributed by atoms with E-state index in [1.165, 1.54) is 32.1 Å². The molecule has 25 heavy (non-hydrogen) atoms. The number of hydrogen-bond acceptors (Lipinski definition) is 3. The van der Waals surface area contributed by atoms with Gasteiger partial charge in [0, 0.05) is 39.0 Å². The highest BCUT2D eigenvalue weighted by Gasteiger charge is 2.27. The molecule has 0 spiro atoms. The predicted octanol–water partition coefficient (Wildman–Crippen LogP) is 2.98. The molecule has 2 aliphatic heterocycles. The molecule has 0 radical (unpaired) electrons. The van der Waals surface area contributed by atoms with Crippen LogP contribution in [0.5, 0.6) is 0 Å². The van der Waals surface area contributed by atoms with Gasteiger partial charge in [0.05, 0.1) is 12.7 Å². The number of morpholine rings is 1. The molecule has 0 aromatic rings. The van der Waals surface area contributed by atoms with Gasteiger partial charge in [0.1, 0.15) is 0 Å². The molecule has 0 N–H and O–H groups in total. The van der Waals surface area contributed by atoms with Crippen LogP contribution in [0.15, 0.2) is 0 Å². The fourth-order valence-electron chi connectivity index (χ4n) is 4.55. The van der Waals surface area contributed by atoms with Crippen molar-refractivity contribution in [3.63, 3.8) is 0 Å². The lowest BCUT2D eigenvalue weighted by molar-refractivity contribution is -0.140. The van der Waals surface area contributed by atoms with E-state index in [4.69, 9.17) is 4.74 Å². The molecule has 1 unspecified atom stereocenters. The van der Waals surface area contributed by atoms with Gasteiger partial charge in [0.25, 0.3) is 0 Å². The first-order valence-electron chi connectivity index (χ1n) is 10.4. The highest BCUT2D eigenvalue weighted by atomic mass is 16.5. The first kappa shape index (κ1) is 18.7. The van der Waals surface area contributed by atoms with Crippen LogP contribution in [0.4, 0.5) is 0 Å². The lowest BCUT2D eigenvalue weighted by Crippen LogP contribution is -2.47. The van der Waals surface area contributed by atoms with Crippen molar-refractivity contribution in [2.75, 3.05) is 32.8 Å². The maximum absolute atomic E-state index is 12.6. The Morgan fingerprint density at radius 2 is 1.84 bits per heavy atom. The summed E-state index contributed by atoms with van der Waals surface area (Å²) in [5, 5.41) is 0. The van der Waals surface area contributed by atoms with Crippen molar-refractivity contribution in [2.45, 2.75) is 76.7 Å². The average molecular weight is 351 g/mol. The van der Waals surface area contributed by atoms with Crippen LogP contribution in [0, 0.1) is 5.92 Å². The molecule has 1 atom stereocenters. The van der Waals surface area contributed by atoms with Crippen molar-refractivity contribution < 1.29 is 14.3 Å². The van der Waals surface area contributed by atoms with E-state index in [1.807, 2.05) is 9.80 Å². The lowest BCUT2D eigenvalue weighted by Gasteiger charge is -2.35. The SMILES string of the molecule is O=C1CCCCCN1CCC(=O)N1CCOC(CC2CCCCC2)C1. The Hall–Kier alpha value is -1.10. The third kappa shape index (κ3) is 5.70. The van der Waals surface area contributed by atoms with E-state index in [-0.39, 0.29) is 17.9 Å². The van der Waals surface area contributed by atoms with Gasteiger partial charge in [-0.15, -0.1) is 0 Å². The minimum absolute atomic E-state index is 0.189. The van der Waals surface area contributed by atoms with Gasteiger partial charge in [-0.1, -0.05) is 38.5 Å². The van der Waals surface area contributed by atoms with E-state index in [2.05, 4.69) is 0 Å². The smallest absolute Gasteiger partial charge is 0.224 e. The zero-order valence-electron chi connectivity index (χ0n) is 15.6. The second-order valence-corrected chi connectivity index (χ2v) is 8.01. The summed E-state index contributed by atoms with van der Waals surface area (Å²) in [7, 11) is 0. The van der Waals surface area contributed by atoms with Crippen LogP contribution in [-0.2, 0) is 14.3 Å². The molecular formula is C20H34N2O3. The molecule has 2 saturated heterocycles. The van der Waals surface area contributed by atoms with E-state index in [0.717, 1.165) is 44.7 Å². The maximum atomic E-state index is 12.6. The van der Waals surface area contributed by atoms with Gasteiger partial charge in [0.2, 0.25) is 11.8 Å². The summed E-state index contributed by atoms with van der Waals surface area (Å²) in [4.78, 5) is 28.5. The summed E-state index contributed by atoms with van der Waals surface area (Å²) >= 11 is 0. The van der Waals surface area contributed by atoms with Crippen molar-refractivity contribution in [3.05, 3.63) is 0 Å². The molecule has 1 saturated carbocycles. The van der Waals surface area contributed by atoms with Crippen molar-refractivity contribution in [1.29, 1.82) is 0 Å². The highest BCUT2D eigenvalue weighted by Crippen LogP contribution is 2.29. The van der Waals surface area contributed by atoms with Crippen molar-refractivity contribution in [2.24, 2.45) is 5.92 Å². The Morgan fingerprint density at radius 1 is 1.04 bits per heavy atom. The molecule has 2 heterocycles. The second kappa shape index (κ2) is 9.56. The van der Waals surface area contributed by atoms with Gasteiger partial charge in [0.15, 0.2) is 0 Å². The predicted molar refractivity (Wildman–Crippen MR) is 97.2 cm³/mol. The maximum Gasteiger partial charge on any atom is 0.224 e. The van der Waals surface area contributed by atoms with Gasteiger partial charge in [-0.05, 0) is 25.2 Å². The molecule has 0 aromatic heterocycles. The molecule has 3 aliphatic rings. The highest BCUT2D eigenvalue weighted by molar-refractivity contribution is 5.79. The Labute approximate surface area is 152 Å². The standard InChI is InChI=1S/C20H34N2O3/c23-19-9-5-2-6-11-21(19)12-10-20(24)22-13-14-25-18(16-22)15-17-7-3-1-4-8-17/h17-18H,1-16H2. The quantitative estimate of drug-likeness (QED) is 0.766. The van der Waals surface area contributed by atoms with Crippen LogP contribution in [0.3, 0.4) is 0 Å². The Balaban J connectivity index is 1.42. The Kier molecular flexibility index (Phi) is 7.14. The van der Waals surface area contributed by atoms with E-state index >= 15 is 0 Å². The van der Waals surface area contributed by atoms with E-state index in [9.17, 15) is 9.59 Å². The van der Waals surface area contributed by atoms with E-state index < -0.39 is 0 Å².